The molecule has 0 aliphatic rings. The number of nitrogens with zero attached hydrogens (tertiary/aromatic N) is 1. The molecule has 0 spiro atoms. The highest BCUT2D eigenvalue weighted by Gasteiger charge is 2.10. The van der Waals surface area contributed by atoms with Gasteiger partial charge in [0.25, 0.3) is 0 Å². The highest BCUT2D eigenvalue weighted by Crippen LogP contribution is 2.24. The average molecular weight is 286 g/mol. The molecular weight excluding hydrogens is 268 g/mol. The number of benzene rings is 1. The summed E-state index contributed by atoms with van der Waals surface area (Å²) in [6.45, 7) is 0.480. The third-order valence-corrected chi connectivity index (χ3v) is 3.08. The molecule has 110 valence electrons. The number of rotatable bonds is 6. The first-order valence-corrected chi connectivity index (χ1v) is 6.59. The van der Waals surface area contributed by atoms with Crippen molar-refractivity contribution >= 4 is 5.91 Å². The fraction of sp³-hybridized carbons (Fsp3) is 0.250. The van der Waals surface area contributed by atoms with E-state index >= 15 is 0 Å². The molecule has 2 aromatic rings. The highest BCUT2D eigenvalue weighted by atomic mass is 16.5. The summed E-state index contributed by atoms with van der Waals surface area (Å²) < 4.78 is 10.4. The van der Waals surface area contributed by atoms with Gasteiger partial charge in [-0.1, -0.05) is 0 Å². The van der Waals surface area contributed by atoms with Crippen molar-refractivity contribution in [1.82, 2.24) is 10.3 Å². The fourth-order valence-corrected chi connectivity index (χ4v) is 1.96. The van der Waals surface area contributed by atoms with Crippen LogP contribution in [-0.4, -0.2) is 25.1 Å². The van der Waals surface area contributed by atoms with Crippen molar-refractivity contribution in [3.05, 3.63) is 53.9 Å². The summed E-state index contributed by atoms with van der Waals surface area (Å²) in [5.74, 6) is 1.31. The third-order valence-electron chi connectivity index (χ3n) is 3.08. The summed E-state index contributed by atoms with van der Waals surface area (Å²) in [5, 5.41) is 2.87. The lowest BCUT2D eigenvalue weighted by Gasteiger charge is -2.11. The average Bonchev–Trinajstić information content (AvgIpc) is 2.54. The monoisotopic (exact) mass is 286 g/mol. The van der Waals surface area contributed by atoms with E-state index in [2.05, 4.69) is 10.3 Å². The highest BCUT2D eigenvalue weighted by molar-refractivity contribution is 5.79. The van der Waals surface area contributed by atoms with Crippen molar-refractivity contribution in [1.29, 1.82) is 0 Å². The van der Waals surface area contributed by atoms with Crippen LogP contribution >= 0.6 is 0 Å². The van der Waals surface area contributed by atoms with Crippen LogP contribution in [0.15, 0.2) is 42.7 Å². The summed E-state index contributed by atoms with van der Waals surface area (Å²) in [5.41, 5.74) is 1.81. The lowest BCUT2D eigenvalue weighted by Crippen LogP contribution is -2.24. The van der Waals surface area contributed by atoms with Gasteiger partial charge < -0.3 is 14.8 Å². The summed E-state index contributed by atoms with van der Waals surface area (Å²) >= 11 is 0. The molecule has 1 amide bonds. The van der Waals surface area contributed by atoms with Gasteiger partial charge in [-0.15, -0.1) is 0 Å². The van der Waals surface area contributed by atoms with Gasteiger partial charge in [-0.25, -0.2) is 0 Å². The molecule has 0 bridgehead atoms. The largest absolute Gasteiger partial charge is 0.497 e. The Morgan fingerprint density at radius 3 is 2.57 bits per heavy atom. The van der Waals surface area contributed by atoms with Crippen LogP contribution in [0.3, 0.4) is 0 Å². The normalized spacial score (nSPS) is 10.0. The van der Waals surface area contributed by atoms with Crippen molar-refractivity contribution in [2.24, 2.45) is 0 Å². The SMILES string of the molecule is COc1ccc(OC)c(CC(=O)NCc2ccncc2)c1. The van der Waals surface area contributed by atoms with Crippen LogP contribution in [-0.2, 0) is 17.8 Å². The van der Waals surface area contributed by atoms with E-state index in [0.29, 0.717) is 18.0 Å². The second kappa shape index (κ2) is 7.28. The molecule has 0 fully saturated rings. The van der Waals surface area contributed by atoms with Crippen LogP contribution in [0.25, 0.3) is 0 Å². The molecule has 5 heteroatoms. The smallest absolute Gasteiger partial charge is 0.224 e. The number of methoxy groups -OCH3 is 2. The van der Waals surface area contributed by atoms with E-state index < -0.39 is 0 Å². The molecule has 0 saturated carbocycles. The first kappa shape index (κ1) is 14.8. The lowest BCUT2D eigenvalue weighted by atomic mass is 10.1. The van der Waals surface area contributed by atoms with E-state index in [0.717, 1.165) is 11.1 Å². The topological polar surface area (TPSA) is 60.5 Å². The van der Waals surface area contributed by atoms with Crippen molar-refractivity contribution < 1.29 is 14.3 Å². The maximum atomic E-state index is 12.0. The van der Waals surface area contributed by atoms with Crippen LogP contribution < -0.4 is 14.8 Å². The van der Waals surface area contributed by atoms with E-state index in [1.807, 2.05) is 18.2 Å². The molecule has 1 aromatic carbocycles. The molecule has 0 aliphatic heterocycles. The first-order valence-electron chi connectivity index (χ1n) is 6.59. The van der Waals surface area contributed by atoms with Gasteiger partial charge in [0.15, 0.2) is 0 Å². The Morgan fingerprint density at radius 2 is 1.90 bits per heavy atom. The predicted octanol–water partition coefficient (Wildman–Crippen LogP) is 1.96. The van der Waals surface area contributed by atoms with Gasteiger partial charge in [-0.2, -0.15) is 0 Å². The minimum Gasteiger partial charge on any atom is -0.497 e. The minimum absolute atomic E-state index is 0.0710. The molecule has 1 N–H and O–H groups in total. The summed E-state index contributed by atoms with van der Waals surface area (Å²) in [4.78, 5) is 16.0. The van der Waals surface area contributed by atoms with Gasteiger partial charge in [0.05, 0.1) is 20.6 Å². The number of carbonyl (C=O) groups excluding carboxylic acids is 1. The van der Waals surface area contributed by atoms with Crippen LogP contribution in [0, 0.1) is 0 Å². The molecule has 21 heavy (non-hydrogen) atoms. The first-order chi connectivity index (χ1) is 10.2. The van der Waals surface area contributed by atoms with E-state index in [1.54, 1.807) is 38.7 Å². The summed E-state index contributed by atoms with van der Waals surface area (Å²) in [6.07, 6.45) is 3.64. The number of pyridine rings is 1. The Balaban J connectivity index is 1.99. The summed E-state index contributed by atoms with van der Waals surface area (Å²) in [7, 11) is 3.18. The molecular formula is C16H18N2O3. The van der Waals surface area contributed by atoms with Gasteiger partial charge in [-0.05, 0) is 35.9 Å². The Bertz CT molecular complexity index is 600. The maximum absolute atomic E-state index is 12.0. The Hall–Kier alpha value is -2.56. The Kier molecular flexibility index (Phi) is 5.15. The fourth-order valence-electron chi connectivity index (χ4n) is 1.96. The quantitative estimate of drug-likeness (QED) is 0.882. The van der Waals surface area contributed by atoms with Crippen LogP contribution in [0.4, 0.5) is 0 Å². The standard InChI is InChI=1S/C16H18N2O3/c1-20-14-3-4-15(21-2)13(9-14)10-16(19)18-11-12-5-7-17-8-6-12/h3-9H,10-11H2,1-2H3,(H,18,19). The number of nitrogens with one attached hydrogen (secondary N) is 1. The van der Waals surface area contributed by atoms with Gasteiger partial charge in [-0.3, -0.25) is 9.78 Å². The minimum atomic E-state index is -0.0710. The molecule has 0 unspecified atom stereocenters. The molecule has 2 rings (SSSR count). The van der Waals surface area contributed by atoms with Crippen molar-refractivity contribution in [2.75, 3.05) is 14.2 Å². The predicted molar refractivity (Wildman–Crippen MR) is 79.3 cm³/mol. The second-order valence-corrected chi connectivity index (χ2v) is 4.49. The number of hydrogen-bond donors (Lipinski definition) is 1. The van der Waals surface area contributed by atoms with Gasteiger partial charge in [0.2, 0.25) is 5.91 Å². The number of ether oxygens (including phenoxy) is 2. The van der Waals surface area contributed by atoms with Crippen LogP contribution in [0.2, 0.25) is 0 Å². The van der Waals surface area contributed by atoms with Gasteiger partial charge in [0, 0.05) is 24.5 Å². The van der Waals surface area contributed by atoms with E-state index in [-0.39, 0.29) is 12.3 Å². The van der Waals surface area contributed by atoms with E-state index in [9.17, 15) is 4.79 Å². The zero-order valence-electron chi connectivity index (χ0n) is 12.1. The van der Waals surface area contributed by atoms with E-state index in [4.69, 9.17) is 9.47 Å². The van der Waals surface area contributed by atoms with Crippen molar-refractivity contribution in [3.8, 4) is 11.5 Å². The summed E-state index contributed by atoms with van der Waals surface area (Å²) in [6, 6.07) is 9.14. The zero-order chi connectivity index (χ0) is 15.1. The zero-order valence-corrected chi connectivity index (χ0v) is 12.1. The third kappa shape index (κ3) is 4.21. The molecule has 1 aromatic heterocycles. The maximum Gasteiger partial charge on any atom is 0.224 e. The van der Waals surface area contributed by atoms with Crippen molar-refractivity contribution in [2.45, 2.75) is 13.0 Å². The number of amides is 1. The Morgan fingerprint density at radius 1 is 1.14 bits per heavy atom. The number of hydrogen-bond acceptors (Lipinski definition) is 4. The van der Waals surface area contributed by atoms with Gasteiger partial charge >= 0.3 is 0 Å². The molecule has 0 atom stereocenters. The van der Waals surface area contributed by atoms with E-state index in [1.165, 1.54) is 0 Å². The van der Waals surface area contributed by atoms with Crippen LogP contribution in [0.5, 0.6) is 11.5 Å². The molecule has 0 aliphatic carbocycles. The lowest BCUT2D eigenvalue weighted by molar-refractivity contribution is -0.120. The second-order valence-electron chi connectivity index (χ2n) is 4.49. The Labute approximate surface area is 123 Å². The number of carbonyl (C=O) groups is 1. The molecule has 1 heterocycles. The molecule has 0 saturated heterocycles. The number of aromatic nitrogens is 1. The molecule has 5 nitrogen and oxygen atoms in total. The molecule has 0 radical (unpaired) electrons. The van der Waals surface area contributed by atoms with Crippen molar-refractivity contribution in [3.63, 3.8) is 0 Å². The van der Waals surface area contributed by atoms with Crippen LogP contribution in [0.1, 0.15) is 11.1 Å². The van der Waals surface area contributed by atoms with Gasteiger partial charge in [0.1, 0.15) is 11.5 Å².